The van der Waals surface area contributed by atoms with Crippen LogP contribution in [0.3, 0.4) is 0 Å². The summed E-state index contributed by atoms with van der Waals surface area (Å²) in [7, 11) is 4.03. The monoisotopic (exact) mass is 301 g/mol. The molecular formula is C16H19N3OS. The number of likely N-dealkylation sites (N-methyl/N-ethyl adjacent to an activating group) is 1. The maximum absolute atomic E-state index is 11.9. The van der Waals surface area contributed by atoms with Gasteiger partial charge in [0.15, 0.2) is 0 Å². The Morgan fingerprint density at radius 2 is 2.29 bits per heavy atom. The molecule has 0 aliphatic carbocycles. The van der Waals surface area contributed by atoms with Gasteiger partial charge < -0.3 is 10.2 Å². The van der Waals surface area contributed by atoms with Crippen LogP contribution in [0.2, 0.25) is 0 Å². The van der Waals surface area contributed by atoms with Crippen molar-refractivity contribution in [1.29, 1.82) is 0 Å². The molecular weight excluding hydrogens is 282 g/mol. The van der Waals surface area contributed by atoms with Crippen molar-refractivity contribution in [3.05, 3.63) is 58.6 Å². The molecule has 0 aromatic carbocycles. The van der Waals surface area contributed by atoms with Gasteiger partial charge in [0, 0.05) is 29.9 Å². The Bertz CT molecular complexity index is 579. The van der Waals surface area contributed by atoms with Crippen LogP contribution in [0.15, 0.2) is 48.1 Å². The lowest BCUT2D eigenvalue weighted by Crippen LogP contribution is -2.33. The second-order valence-electron chi connectivity index (χ2n) is 4.86. The van der Waals surface area contributed by atoms with E-state index in [0.717, 1.165) is 5.56 Å². The van der Waals surface area contributed by atoms with Gasteiger partial charge in [-0.1, -0.05) is 12.1 Å². The molecule has 110 valence electrons. The van der Waals surface area contributed by atoms with Crippen LogP contribution in [0.1, 0.15) is 16.5 Å². The number of nitrogens with one attached hydrogen (secondary N) is 1. The van der Waals surface area contributed by atoms with Crippen molar-refractivity contribution in [3.63, 3.8) is 0 Å². The molecule has 1 amide bonds. The van der Waals surface area contributed by atoms with E-state index in [4.69, 9.17) is 0 Å². The fraction of sp³-hybridized carbons (Fsp3) is 0.250. The van der Waals surface area contributed by atoms with Crippen LogP contribution in [-0.4, -0.2) is 36.4 Å². The van der Waals surface area contributed by atoms with Crippen LogP contribution >= 0.6 is 11.3 Å². The molecule has 2 heterocycles. The smallest absolute Gasteiger partial charge is 0.244 e. The van der Waals surface area contributed by atoms with Gasteiger partial charge >= 0.3 is 0 Å². The summed E-state index contributed by atoms with van der Waals surface area (Å²) in [4.78, 5) is 19.2. The average molecular weight is 301 g/mol. The van der Waals surface area contributed by atoms with Crippen LogP contribution < -0.4 is 5.32 Å². The summed E-state index contributed by atoms with van der Waals surface area (Å²) < 4.78 is 0. The minimum absolute atomic E-state index is 0.0951. The number of carbonyl (C=O) groups is 1. The lowest BCUT2D eigenvalue weighted by molar-refractivity contribution is -0.116. The molecule has 1 unspecified atom stereocenters. The standard InChI is InChI=1S/C16H19N3OS/c1-19(2)14(15-6-4-10-21-15)12-18-16(20)8-7-13-5-3-9-17-11-13/h3-11,14H,12H2,1-2H3,(H,18,20)/b8-7+. The SMILES string of the molecule is CN(C)C(CNC(=O)/C=C/c1cccnc1)c1cccs1. The number of nitrogens with zero attached hydrogens (tertiary/aromatic N) is 2. The molecule has 0 aliphatic heterocycles. The van der Waals surface area contributed by atoms with Crippen molar-refractivity contribution < 1.29 is 4.79 Å². The average Bonchev–Trinajstić information content (AvgIpc) is 3.00. The summed E-state index contributed by atoms with van der Waals surface area (Å²) in [5.74, 6) is -0.0951. The summed E-state index contributed by atoms with van der Waals surface area (Å²) in [5, 5.41) is 4.99. The molecule has 21 heavy (non-hydrogen) atoms. The van der Waals surface area contributed by atoms with Crippen molar-refractivity contribution in [2.45, 2.75) is 6.04 Å². The highest BCUT2D eigenvalue weighted by molar-refractivity contribution is 7.10. The van der Waals surface area contributed by atoms with Crippen molar-refractivity contribution >= 4 is 23.3 Å². The van der Waals surface area contributed by atoms with E-state index < -0.39 is 0 Å². The van der Waals surface area contributed by atoms with Gasteiger partial charge in [-0.05, 0) is 43.2 Å². The number of aromatic nitrogens is 1. The third kappa shape index (κ3) is 4.81. The molecule has 2 aromatic rings. The molecule has 0 spiro atoms. The number of hydrogen-bond donors (Lipinski definition) is 1. The van der Waals surface area contributed by atoms with E-state index in [1.165, 1.54) is 11.0 Å². The number of pyridine rings is 1. The number of amides is 1. The minimum atomic E-state index is -0.0951. The summed E-state index contributed by atoms with van der Waals surface area (Å²) in [6.45, 7) is 0.587. The van der Waals surface area contributed by atoms with Gasteiger partial charge in [0.05, 0.1) is 6.04 Å². The zero-order chi connectivity index (χ0) is 15.1. The van der Waals surface area contributed by atoms with E-state index in [0.29, 0.717) is 6.54 Å². The Hall–Kier alpha value is -1.98. The van der Waals surface area contributed by atoms with Crippen LogP contribution in [0.25, 0.3) is 6.08 Å². The van der Waals surface area contributed by atoms with E-state index in [9.17, 15) is 4.79 Å². The van der Waals surface area contributed by atoms with Crippen LogP contribution in [-0.2, 0) is 4.79 Å². The largest absolute Gasteiger partial charge is 0.351 e. The van der Waals surface area contributed by atoms with Gasteiger partial charge in [-0.3, -0.25) is 9.78 Å². The third-order valence-electron chi connectivity index (χ3n) is 3.08. The molecule has 0 saturated carbocycles. The zero-order valence-corrected chi connectivity index (χ0v) is 13.0. The normalized spacial score (nSPS) is 12.7. The fourth-order valence-corrected chi connectivity index (χ4v) is 2.84. The highest BCUT2D eigenvalue weighted by atomic mass is 32.1. The molecule has 0 fully saturated rings. The lowest BCUT2D eigenvalue weighted by Gasteiger charge is -2.23. The Labute approximate surface area is 129 Å². The van der Waals surface area contributed by atoms with E-state index in [2.05, 4.69) is 26.6 Å². The molecule has 0 bridgehead atoms. The van der Waals surface area contributed by atoms with E-state index >= 15 is 0 Å². The number of rotatable bonds is 6. The first-order valence-electron chi connectivity index (χ1n) is 6.72. The highest BCUT2D eigenvalue weighted by Gasteiger charge is 2.15. The van der Waals surface area contributed by atoms with Crippen molar-refractivity contribution in [2.75, 3.05) is 20.6 Å². The van der Waals surface area contributed by atoms with E-state index in [-0.39, 0.29) is 11.9 Å². The van der Waals surface area contributed by atoms with Gasteiger partial charge in [-0.15, -0.1) is 11.3 Å². The maximum atomic E-state index is 11.9. The molecule has 2 aromatic heterocycles. The molecule has 1 atom stereocenters. The molecule has 2 rings (SSSR count). The van der Waals surface area contributed by atoms with Gasteiger partial charge in [0.25, 0.3) is 0 Å². The quantitative estimate of drug-likeness (QED) is 0.834. The summed E-state index contributed by atoms with van der Waals surface area (Å²) in [5.41, 5.74) is 0.912. The Morgan fingerprint density at radius 3 is 2.90 bits per heavy atom. The highest BCUT2D eigenvalue weighted by Crippen LogP contribution is 2.22. The van der Waals surface area contributed by atoms with Crippen LogP contribution in [0, 0.1) is 0 Å². The van der Waals surface area contributed by atoms with Crippen LogP contribution in [0.4, 0.5) is 0 Å². The molecule has 0 saturated heterocycles. The predicted octanol–water partition coefficient (Wildman–Crippen LogP) is 2.58. The molecule has 1 N–H and O–H groups in total. The first-order valence-corrected chi connectivity index (χ1v) is 7.60. The zero-order valence-electron chi connectivity index (χ0n) is 12.2. The Morgan fingerprint density at radius 1 is 1.43 bits per heavy atom. The molecule has 5 heteroatoms. The van der Waals surface area contributed by atoms with Crippen molar-refractivity contribution in [2.24, 2.45) is 0 Å². The summed E-state index contributed by atoms with van der Waals surface area (Å²) in [6, 6.07) is 8.07. The lowest BCUT2D eigenvalue weighted by atomic mass is 10.2. The Kier molecular flexibility index (Phi) is 5.66. The topological polar surface area (TPSA) is 45.2 Å². The second-order valence-corrected chi connectivity index (χ2v) is 5.84. The maximum Gasteiger partial charge on any atom is 0.244 e. The Balaban J connectivity index is 1.89. The second kappa shape index (κ2) is 7.71. The first kappa shape index (κ1) is 15.4. The van der Waals surface area contributed by atoms with Crippen molar-refractivity contribution in [1.82, 2.24) is 15.2 Å². The molecule has 0 radical (unpaired) electrons. The van der Waals surface area contributed by atoms with Crippen LogP contribution in [0.5, 0.6) is 0 Å². The first-order chi connectivity index (χ1) is 10.2. The van der Waals surface area contributed by atoms with Gasteiger partial charge in [0.1, 0.15) is 0 Å². The molecule has 0 aliphatic rings. The van der Waals surface area contributed by atoms with Gasteiger partial charge in [-0.2, -0.15) is 0 Å². The third-order valence-corrected chi connectivity index (χ3v) is 4.05. The number of carbonyl (C=O) groups excluding carboxylic acids is 1. The summed E-state index contributed by atoms with van der Waals surface area (Å²) >= 11 is 1.70. The van der Waals surface area contributed by atoms with E-state index in [1.54, 1.807) is 29.8 Å². The van der Waals surface area contributed by atoms with Crippen molar-refractivity contribution in [3.8, 4) is 0 Å². The van der Waals surface area contributed by atoms with E-state index in [1.807, 2.05) is 32.3 Å². The molecule has 4 nitrogen and oxygen atoms in total. The summed E-state index contributed by atoms with van der Waals surface area (Å²) in [6.07, 6.45) is 6.73. The van der Waals surface area contributed by atoms with Gasteiger partial charge in [-0.25, -0.2) is 0 Å². The van der Waals surface area contributed by atoms with Gasteiger partial charge in [0.2, 0.25) is 5.91 Å². The predicted molar refractivity (Wildman–Crippen MR) is 87.0 cm³/mol. The number of hydrogen-bond acceptors (Lipinski definition) is 4. The minimum Gasteiger partial charge on any atom is -0.351 e. The number of thiophene rings is 1. The fourth-order valence-electron chi connectivity index (χ4n) is 1.92.